The number of non-ortho nitro benzene ring substituents is 1. The van der Waals surface area contributed by atoms with Gasteiger partial charge in [0.05, 0.1) is 21.3 Å². The zero-order chi connectivity index (χ0) is 17.8. The van der Waals surface area contributed by atoms with E-state index in [-0.39, 0.29) is 33.9 Å². The second-order valence-electron chi connectivity index (χ2n) is 4.87. The molecule has 1 heterocycles. The molecule has 0 bridgehead atoms. The van der Waals surface area contributed by atoms with Crippen LogP contribution in [-0.4, -0.2) is 26.7 Å². The van der Waals surface area contributed by atoms with E-state index in [4.69, 9.17) is 16.0 Å². The van der Waals surface area contributed by atoms with Gasteiger partial charge < -0.3 is 4.42 Å². The molecule has 0 N–H and O–H groups in total. The van der Waals surface area contributed by atoms with E-state index in [0.29, 0.717) is 10.6 Å². The zero-order valence-electron chi connectivity index (χ0n) is 12.6. The lowest BCUT2D eigenvalue weighted by Gasteiger charge is -1.99. The molecule has 9 heteroatoms. The van der Waals surface area contributed by atoms with Crippen molar-refractivity contribution in [2.45, 2.75) is 5.22 Å². The predicted octanol–water partition coefficient (Wildman–Crippen LogP) is 4.27. The fourth-order valence-corrected chi connectivity index (χ4v) is 2.89. The van der Waals surface area contributed by atoms with Gasteiger partial charge in [0.2, 0.25) is 5.89 Å². The Bertz CT molecular complexity index is 944. The van der Waals surface area contributed by atoms with Crippen LogP contribution >= 0.6 is 23.4 Å². The molecule has 0 aliphatic rings. The maximum atomic E-state index is 12.2. The number of benzene rings is 2. The number of nitro benzene ring substituents is 1. The second-order valence-corrected chi connectivity index (χ2v) is 6.21. The van der Waals surface area contributed by atoms with Gasteiger partial charge in [-0.1, -0.05) is 47.6 Å². The third-order valence-corrected chi connectivity index (χ3v) is 4.36. The molecule has 0 radical (unpaired) electrons. The Morgan fingerprint density at radius 3 is 2.76 bits per heavy atom. The zero-order valence-corrected chi connectivity index (χ0v) is 14.2. The van der Waals surface area contributed by atoms with E-state index in [1.807, 2.05) is 0 Å². The predicted molar refractivity (Wildman–Crippen MR) is 92.9 cm³/mol. The quantitative estimate of drug-likeness (QED) is 0.274. The van der Waals surface area contributed by atoms with Crippen molar-refractivity contribution in [2.75, 3.05) is 5.75 Å². The summed E-state index contributed by atoms with van der Waals surface area (Å²) < 4.78 is 5.49. The van der Waals surface area contributed by atoms with Crippen LogP contribution in [0.4, 0.5) is 5.69 Å². The molecule has 3 aromatic rings. The molecular formula is C16H10ClN3O4S. The number of thioether (sulfide) groups is 1. The molecule has 0 amide bonds. The molecule has 0 aliphatic heterocycles. The number of nitro groups is 1. The average Bonchev–Trinajstić information content (AvgIpc) is 3.09. The summed E-state index contributed by atoms with van der Waals surface area (Å²) in [7, 11) is 0. The summed E-state index contributed by atoms with van der Waals surface area (Å²) >= 11 is 7.13. The maximum absolute atomic E-state index is 12.2. The molecule has 0 spiro atoms. The Morgan fingerprint density at radius 2 is 2.00 bits per heavy atom. The molecule has 1 aromatic heterocycles. The van der Waals surface area contributed by atoms with Crippen LogP contribution in [0.3, 0.4) is 0 Å². The first-order valence-corrected chi connectivity index (χ1v) is 8.40. The van der Waals surface area contributed by atoms with E-state index in [9.17, 15) is 14.9 Å². The van der Waals surface area contributed by atoms with Gasteiger partial charge in [-0.3, -0.25) is 14.9 Å². The maximum Gasteiger partial charge on any atom is 0.277 e. The van der Waals surface area contributed by atoms with E-state index in [2.05, 4.69) is 10.2 Å². The highest BCUT2D eigenvalue weighted by atomic mass is 35.5. The molecule has 3 rings (SSSR count). The summed E-state index contributed by atoms with van der Waals surface area (Å²) in [6.07, 6.45) is 0. The number of halogens is 1. The molecule has 0 atom stereocenters. The number of Topliss-reactive ketones (excluding diaryl/α,β-unsaturated/α-hetero) is 1. The van der Waals surface area contributed by atoms with Gasteiger partial charge in [0.25, 0.3) is 10.9 Å². The highest BCUT2D eigenvalue weighted by Crippen LogP contribution is 2.29. The topological polar surface area (TPSA) is 99.1 Å². The van der Waals surface area contributed by atoms with Gasteiger partial charge >= 0.3 is 0 Å². The van der Waals surface area contributed by atoms with Gasteiger partial charge in [-0.25, -0.2) is 0 Å². The number of carbonyl (C=O) groups is 1. The summed E-state index contributed by atoms with van der Waals surface area (Å²) in [6, 6.07) is 12.6. The fraction of sp³-hybridized carbons (Fsp3) is 0.0625. The lowest BCUT2D eigenvalue weighted by Crippen LogP contribution is -2.03. The van der Waals surface area contributed by atoms with Crippen LogP contribution in [0.1, 0.15) is 10.4 Å². The van der Waals surface area contributed by atoms with E-state index < -0.39 is 4.92 Å². The molecule has 0 saturated carbocycles. The smallest absolute Gasteiger partial charge is 0.277 e. The van der Waals surface area contributed by atoms with Crippen LogP contribution in [0, 0.1) is 10.1 Å². The average molecular weight is 376 g/mol. The third-order valence-electron chi connectivity index (χ3n) is 3.22. The van der Waals surface area contributed by atoms with Gasteiger partial charge in [-0.15, -0.1) is 10.2 Å². The monoisotopic (exact) mass is 375 g/mol. The Hall–Kier alpha value is -2.71. The van der Waals surface area contributed by atoms with Crippen LogP contribution < -0.4 is 0 Å². The van der Waals surface area contributed by atoms with Gasteiger partial charge in [-0.05, 0) is 12.1 Å². The lowest BCUT2D eigenvalue weighted by molar-refractivity contribution is -0.384. The summed E-state index contributed by atoms with van der Waals surface area (Å²) in [5.74, 6) is 0.00722. The molecule has 0 saturated heterocycles. The number of ketones is 1. The SMILES string of the molecule is O=C(CSc1nnc(-c2ccccc2Cl)o1)c1cccc([N+](=O)[O-])c1. The van der Waals surface area contributed by atoms with E-state index in [1.165, 1.54) is 24.3 Å². The highest BCUT2D eigenvalue weighted by Gasteiger charge is 2.15. The molecule has 7 nitrogen and oxygen atoms in total. The minimum Gasteiger partial charge on any atom is -0.411 e. The number of hydrogen-bond donors (Lipinski definition) is 0. The largest absolute Gasteiger partial charge is 0.411 e. The van der Waals surface area contributed by atoms with Crippen LogP contribution in [0.2, 0.25) is 5.02 Å². The Labute approximate surface area is 151 Å². The van der Waals surface area contributed by atoms with Crippen LogP contribution in [0.15, 0.2) is 58.2 Å². The van der Waals surface area contributed by atoms with Crippen LogP contribution in [0.25, 0.3) is 11.5 Å². The summed E-state index contributed by atoms with van der Waals surface area (Å²) in [4.78, 5) is 22.4. The highest BCUT2D eigenvalue weighted by molar-refractivity contribution is 7.99. The van der Waals surface area contributed by atoms with Crippen molar-refractivity contribution in [1.29, 1.82) is 0 Å². The normalized spacial score (nSPS) is 10.6. The van der Waals surface area contributed by atoms with Gasteiger partial charge in [0.1, 0.15) is 0 Å². The number of hydrogen-bond acceptors (Lipinski definition) is 7. The molecule has 25 heavy (non-hydrogen) atoms. The fourth-order valence-electron chi connectivity index (χ4n) is 2.02. The van der Waals surface area contributed by atoms with Crippen LogP contribution in [0.5, 0.6) is 0 Å². The summed E-state index contributed by atoms with van der Waals surface area (Å²) in [5, 5.41) is 19.2. The molecular weight excluding hydrogens is 366 g/mol. The van der Waals surface area contributed by atoms with Crippen molar-refractivity contribution in [3.63, 3.8) is 0 Å². The first-order valence-electron chi connectivity index (χ1n) is 7.03. The molecule has 126 valence electrons. The Balaban J connectivity index is 1.68. The first kappa shape index (κ1) is 17.1. The minimum atomic E-state index is -0.544. The van der Waals surface area contributed by atoms with Gasteiger partial charge in [-0.2, -0.15) is 0 Å². The lowest BCUT2D eigenvalue weighted by atomic mass is 10.1. The first-order chi connectivity index (χ1) is 12.0. The second kappa shape index (κ2) is 7.45. The molecule has 2 aromatic carbocycles. The number of carbonyl (C=O) groups excluding carboxylic acids is 1. The van der Waals surface area contributed by atoms with Gasteiger partial charge in [0, 0.05) is 17.7 Å². The minimum absolute atomic E-state index is 0.0192. The summed E-state index contributed by atoms with van der Waals surface area (Å²) in [6.45, 7) is 0. The van der Waals surface area contributed by atoms with Crippen molar-refractivity contribution in [1.82, 2.24) is 10.2 Å². The third kappa shape index (κ3) is 4.04. The molecule has 0 aliphatic carbocycles. The Morgan fingerprint density at radius 1 is 1.20 bits per heavy atom. The van der Waals surface area contributed by atoms with Crippen molar-refractivity contribution in [2.24, 2.45) is 0 Å². The van der Waals surface area contributed by atoms with Crippen LogP contribution in [-0.2, 0) is 0 Å². The number of nitrogens with zero attached hydrogens (tertiary/aromatic N) is 3. The van der Waals surface area contributed by atoms with Crippen molar-refractivity contribution in [3.8, 4) is 11.5 Å². The Kier molecular flexibility index (Phi) is 5.11. The number of aromatic nitrogens is 2. The van der Waals surface area contributed by atoms with Crippen molar-refractivity contribution >= 4 is 34.8 Å². The van der Waals surface area contributed by atoms with E-state index in [0.717, 1.165) is 11.8 Å². The van der Waals surface area contributed by atoms with Crippen molar-refractivity contribution in [3.05, 3.63) is 69.2 Å². The van der Waals surface area contributed by atoms with E-state index in [1.54, 1.807) is 24.3 Å². The molecule has 0 fully saturated rings. The molecule has 0 unspecified atom stereocenters. The summed E-state index contributed by atoms with van der Waals surface area (Å²) in [5.41, 5.74) is 0.732. The van der Waals surface area contributed by atoms with Crippen molar-refractivity contribution < 1.29 is 14.1 Å². The van der Waals surface area contributed by atoms with Gasteiger partial charge in [0.15, 0.2) is 5.78 Å². The standard InChI is InChI=1S/C16H10ClN3O4S/c17-13-7-2-1-6-12(13)15-18-19-16(24-15)25-9-14(21)10-4-3-5-11(8-10)20(22)23/h1-8H,9H2. The van der Waals surface area contributed by atoms with E-state index >= 15 is 0 Å². The number of rotatable bonds is 6.